The molecule has 2 aromatic rings. The van der Waals surface area contributed by atoms with Crippen molar-refractivity contribution in [2.75, 3.05) is 17.2 Å². The minimum atomic E-state index is -0.448. The van der Waals surface area contributed by atoms with Gasteiger partial charge in [0.15, 0.2) is 0 Å². The molecule has 0 aliphatic carbocycles. The van der Waals surface area contributed by atoms with Crippen LogP contribution in [0.1, 0.15) is 12.6 Å². The van der Waals surface area contributed by atoms with E-state index < -0.39 is 6.09 Å². The van der Waals surface area contributed by atoms with E-state index in [0.29, 0.717) is 18.8 Å². The van der Waals surface area contributed by atoms with E-state index in [1.807, 2.05) is 42.5 Å². The molecule has 0 spiro atoms. The number of nitrogens with one attached hydrogen (secondary N) is 2. The van der Waals surface area contributed by atoms with Crippen molar-refractivity contribution in [3.63, 3.8) is 0 Å². The molecule has 0 saturated heterocycles. The largest absolute Gasteiger partial charge is 0.450 e. The third-order valence-corrected chi connectivity index (χ3v) is 3.09. The molecule has 0 bridgehead atoms. The second-order valence-corrected chi connectivity index (χ2v) is 5.04. The minimum absolute atomic E-state index is 0.352. The van der Waals surface area contributed by atoms with Gasteiger partial charge in [-0.05, 0) is 59.3 Å². The smallest absolute Gasteiger partial charge is 0.411 e. The molecule has 1 aromatic heterocycles. The monoisotopic (exact) mass is 349 g/mol. The quantitative estimate of drug-likeness (QED) is 0.800. The van der Waals surface area contributed by atoms with Gasteiger partial charge in [0, 0.05) is 11.4 Å². The van der Waals surface area contributed by atoms with Crippen LogP contribution in [0, 0.1) is 0 Å². The Hall–Kier alpha value is -2.08. The average molecular weight is 350 g/mol. The average Bonchev–Trinajstić information content (AvgIpc) is 2.47. The van der Waals surface area contributed by atoms with E-state index in [9.17, 15) is 4.79 Å². The fourth-order valence-electron chi connectivity index (χ4n) is 1.70. The zero-order valence-electron chi connectivity index (χ0n) is 11.6. The second-order valence-electron chi connectivity index (χ2n) is 4.23. The van der Waals surface area contributed by atoms with Crippen molar-refractivity contribution in [3.05, 3.63) is 52.8 Å². The van der Waals surface area contributed by atoms with Crippen LogP contribution in [0.25, 0.3) is 0 Å². The van der Waals surface area contributed by atoms with E-state index in [1.54, 1.807) is 6.92 Å². The number of carbonyl (C=O) groups is 1. The number of hydrogen-bond donors (Lipinski definition) is 2. The molecule has 0 unspecified atom stereocenters. The summed E-state index contributed by atoms with van der Waals surface area (Å²) < 4.78 is 5.63. The highest BCUT2D eigenvalue weighted by Gasteiger charge is 2.02. The summed E-state index contributed by atoms with van der Waals surface area (Å²) in [5.41, 5.74) is 2.59. The fourth-order valence-corrected chi connectivity index (χ4v) is 2.08. The topological polar surface area (TPSA) is 63.2 Å². The van der Waals surface area contributed by atoms with E-state index in [4.69, 9.17) is 4.74 Å². The highest BCUT2D eigenvalue weighted by atomic mass is 79.9. The summed E-state index contributed by atoms with van der Waals surface area (Å²) in [4.78, 5) is 15.6. The Bertz CT molecular complexity index is 602. The lowest BCUT2D eigenvalue weighted by Crippen LogP contribution is -2.13. The molecular formula is C15H16BrN3O2. The molecule has 0 radical (unpaired) electrons. The Kier molecular flexibility index (Phi) is 5.57. The highest BCUT2D eigenvalue weighted by molar-refractivity contribution is 9.10. The molecular weight excluding hydrogens is 334 g/mol. The molecule has 2 rings (SSSR count). The van der Waals surface area contributed by atoms with Crippen LogP contribution >= 0.6 is 15.9 Å². The van der Waals surface area contributed by atoms with E-state index in [1.165, 1.54) is 0 Å². The number of carbonyl (C=O) groups excluding carboxylic acids is 1. The zero-order chi connectivity index (χ0) is 15.1. The van der Waals surface area contributed by atoms with Crippen LogP contribution in [-0.4, -0.2) is 17.7 Å². The van der Waals surface area contributed by atoms with Gasteiger partial charge in [0.05, 0.1) is 18.8 Å². The number of amides is 1. The lowest BCUT2D eigenvalue weighted by molar-refractivity contribution is 0.168. The summed E-state index contributed by atoms with van der Waals surface area (Å²) in [6.07, 6.45) is -0.448. The maximum absolute atomic E-state index is 11.3. The second kappa shape index (κ2) is 7.64. The standard InChI is InChI=1S/C15H16BrN3O2/c1-2-21-15(20)19-12-8-6-11(7-9-12)17-10-13-4-3-5-14(16)18-13/h3-9,17H,2,10H2,1H3,(H,19,20). The number of ether oxygens (including phenoxy) is 1. The van der Waals surface area contributed by atoms with Crippen molar-refractivity contribution in [2.45, 2.75) is 13.5 Å². The predicted molar refractivity (Wildman–Crippen MR) is 86.4 cm³/mol. The SMILES string of the molecule is CCOC(=O)Nc1ccc(NCc2cccc(Br)n2)cc1. The molecule has 0 aliphatic heterocycles. The molecule has 1 amide bonds. The normalized spacial score (nSPS) is 10.0. The summed E-state index contributed by atoms with van der Waals surface area (Å²) in [7, 11) is 0. The van der Waals surface area contributed by atoms with Crippen molar-refractivity contribution in [2.24, 2.45) is 0 Å². The Morgan fingerprint density at radius 3 is 2.57 bits per heavy atom. The summed E-state index contributed by atoms with van der Waals surface area (Å²) in [6.45, 7) is 2.75. The van der Waals surface area contributed by atoms with Crippen molar-refractivity contribution >= 4 is 33.4 Å². The van der Waals surface area contributed by atoms with Crippen LogP contribution in [0.5, 0.6) is 0 Å². The molecule has 6 heteroatoms. The Morgan fingerprint density at radius 1 is 1.19 bits per heavy atom. The van der Waals surface area contributed by atoms with Crippen LogP contribution in [0.15, 0.2) is 47.1 Å². The minimum Gasteiger partial charge on any atom is -0.450 e. The molecule has 0 atom stereocenters. The molecule has 0 aliphatic rings. The number of anilines is 2. The number of aromatic nitrogens is 1. The van der Waals surface area contributed by atoms with E-state index in [0.717, 1.165) is 16.0 Å². The van der Waals surface area contributed by atoms with E-state index >= 15 is 0 Å². The Labute approximate surface area is 131 Å². The van der Waals surface area contributed by atoms with E-state index in [2.05, 4.69) is 31.5 Å². The van der Waals surface area contributed by atoms with Gasteiger partial charge < -0.3 is 10.1 Å². The highest BCUT2D eigenvalue weighted by Crippen LogP contribution is 2.15. The van der Waals surface area contributed by atoms with Crippen molar-refractivity contribution in [1.82, 2.24) is 4.98 Å². The molecule has 110 valence electrons. The summed E-state index contributed by atoms with van der Waals surface area (Å²) in [5, 5.41) is 5.91. The van der Waals surface area contributed by atoms with Gasteiger partial charge in [-0.15, -0.1) is 0 Å². The summed E-state index contributed by atoms with van der Waals surface area (Å²) in [6, 6.07) is 13.2. The fraction of sp³-hybridized carbons (Fsp3) is 0.200. The van der Waals surface area contributed by atoms with Gasteiger partial charge >= 0.3 is 6.09 Å². The third kappa shape index (κ3) is 5.07. The lowest BCUT2D eigenvalue weighted by Gasteiger charge is -2.08. The summed E-state index contributed by atoms with van der Waals surface area (Å²) >= 11 is 3.34. The molecule has 21 heavy (non-hydrogen) atoms. The van der Waals surface area contributed by atoms with Gasteiger partial charge in [0.1, 0.15) is 4.60 Å². The van der Waals surface area contributed by atoms with Gasteiger partial charge in [-0.25, -0.2) is 9.78 Å². The molecule has 2 N–H and O–H groups in total. The number of benzene rings is 1. The molecule has 1 heterocycles. The zero-order valence-corrected chi connectivity index (χ0v) is 13.2. The molecule has 0 saturated carbocycles. The summed E-state index contributed by atoms with van der Waals surface area (Å²) in [5.74, 6) is 0. The van der Waals surface area contributed by atoms with Gasteiger partial charge in [0.2, 0.25) is 0 Å². The first-order valence-electron chi connectivity index (χ1n) is 6.56. The van der Waals surface area contributed by atoms with Crippen LogP contribution in [0.2, 0.25) is 0 Å². The molecule has 0 fully saturated rings. The molecule has 1 aromatic carbocycles. The number of rotatable bonds is 5. The number of nitrogens with zero attached hydrogens (tertiary/aromatic N) is 1. The van der Waals surface area contributed by atoms with Gasteiger partial charge in [-0.3, -0.25) is 5.32 Å². The number of pyridine rings is 1. The number of hydrogen-bond acceptors (Lipinski definition) is 4. The first-order chi connectivity index (χ1) is 10.2. The maximum atomic E-state index is 11.3. The van der Waals surface area contributed by atoms with Crippen molar-refractivity contribution in [3.8, 4) is 0 Å². The van der Waals surface area contributed by atoms with Gasteiger partial charge in [0.25, 0.3) is 0 Å². The van der Waals surface area contributed by atoms with Crippen LogP contribution in [0.4, 0.5) is 16.2 Å². The Morgan fingerprint density at radius 2 is 1.90 bits per heavy atom. The van der Waals surface area contributed by atoms with Crippen LogP contribution in [0.3, 0.4) is 0 Å². The van der Waals surface area contributed by atoms with E-state index in [-0.39, 0.29) is 0 Å². The third-order valence-electron chi connectivity index (χ3n) is 2.65. The molecule has 5 nitrogen and oxygen atoms in total. The maximum Gasteiger partial charge on any atom is 0.411 e. The van der Waals surface area contributed by atoms with Crippen LogP contribution < -0.4 is 10.6 Å². The first-order valence-corrected chi connectivity index (χ1v) is 7.36. The number of halogens is 1. The van der Waals surface area contributed by atoms with Gasteiger partial charge in [-0.2, -0.15) is 0 Å². The lowest BCUT2D eigenvalue weighted by atomic mass is 10.2. The predicted octanol–water partition coefficient (Wildman–Crippen LogP) is 4.02. The van der Waals surface area contributed by atoms with Crippen LogP contribution in [-0.2, 0) is 11.3 Å². The Balaban J connectivity index is 1.89. The van der Waals surface area contributed by atoms with Crippen molar-refractivity contribution < 1.29 is 9.53 Å². The van der Waals surface area contributed by atoms with Gasteiger partial charge in [-0.1, -0.05) is 6.07 Å². The van der Waals surface area contributed by atoms with Crippen molar-refractivity contribution in [1.29, 1.82) is 0 Å². The first kappa shape index (κ1) is 15.3.